The Morgan fingerprint density at radius 3 is 1.54 bits per heavy atom. The average molecular weight is 343 g/mol. The van der Waals surface area contributed by atoms with Gasteiger partial charge >= 0.3 is 12.0 Å². The zero-order valence-corrected chi connectivity index (χ0v) is 15.6. The van der Waals surface area contributed by atoms with Gasteiger partial charge in [0.2, 0.25) is 0 Å². The molecule has 24 heavy (non-hydrogen) atoms. The van der Waals surface area contributed by atoms with Crippen LogP contribution in [0.2, 0.25) is 0 Å². The summed E-state index contributed by atoms with van der Waals surface area (Å²) in [7, 11) is 0. The maximum atomic E-state index is 11.4. The summed E-state index contributed by atoms with van der Waals surface area (Å²) in [6.07, 6.45) is 16.3. The minimum Gasteiger partial charge on any atom is -0.481 e. The lowest BCUT2D eigenvalue weighted by Gasteiger charge is -2.07. The van der Waals surface area contributed by atoms with Crippen LogP contribution in [0.15, 0.2) is 0 Å². The highest BCUT2D eigenvalue weighted by molar-refractivity contribution is 5.73. The normalized spacial score (nSPS) is 10.5. The highest BCUT2D eigenvalue weighted by Crippen LogP contribution is 2.11. The first-order valence-corrected chi connectivity index (χ1v) is 9.90. The molecule has 142 valence electrons. The zero-order valence-electron chi connectivity index (χ0n) is 15.6. The van der Waals surface area contributed by atoms with E-state index in [-0.39, 0.29) is 12.5 Å². The molecule has 0 bridgehead atoms. The predicted octanol–water partition coefficient (Wildman–Crippen LogP) is 4.85. The lowest BCUT2D eigenvalue weighted by molar-refractivity contribution is -0.137. The molecule has 0 fully saturated rings. The second-order valence-corrected chi connectivity index (χ2v) is 6.57. The number of hydrogen-bond acceptors (Lipinski definition) is 2. The molecule has 0 aromatic rings. The van der Waals surface area contributed by atoms with Crippen molar-refractivity contribution in [2.45, 2.75) is 96.8 Å². The zero-order chi connectivity index (χ0) is 17.9. The molecule has 0 aromatic heterocycles. The quantitative estimate of drug-likeness (QED) is 0.331. The van der Waals surface area contributed by atoms with E-state index in [2.05, 4.69) is 17.6 Å². The van der Waals surface area contributed by atoms with Gasteiger partial charge in [-0.2, -0.15) is 0 Å². The molecule has 0 spiro atoms. The molecule has 0 aliphatic carbocycles. The van der Waals surface area contributed by atoms with Crippen molar-refractivity contribution in [1.82, 2.24) is 10.6 Å². The predicted molar refractivity (Wildman–Crippen MR) is 99.3 cm³/mol. The second-order valence-electron chi connectivity index (χ2n) is 6.57. The third kappa shape index (κ3) is 18.8. The van der Waals surface area contributed by atoms with Gasteiger partial charge in [-0.3, -0.25) is 4.79 Å². The molecule has 5 nitrogen and oxygen atoms in total. The molecular formula is C19H38N2O3. The molecule has 3 N–H and O–H groups in total. The number of nitrogens with one attached hydrogen (secondary N) is 2. The summed E-state index contributed by atoms with van der Waals surface area (Å²) >= 11 is 0. The van der Waals surface area contributed by atoms with Crippen LogP contribution < -0.4 is 10.6 Å². The molecule has 0 saturated heterocycles. The fraction of sp³-hybridized carbons (Fsp3) is 0.895. The molecule has 0 radical (unpaired) electrons. The number of hydrogen-bond donors (Lipinski definition) is 3. The molecule has 0 aliphatic rings. The largest absolute Gasteiger partial charge is 0.481 e. The minimum absolute atomic E-state index is 0.0962. The summed E-state index contributed by atoms with van der Waals surface area (Å²) in [5, 5.41) is 14.0. The Morgan fingerprint density at radius 2 is 1.08 bits per heavy atom. The van der Waals surface area contributed by atoms with Crippen molar-refractivity contribution in [3.05, 3.63) is 0 Å². The molecular weight excluding hydrogens is 304 g/mol. The molecule has 5 heteroatoms. The third-order valence-corrected chi connectivity index (χ3v) is 4.17. The van der Waals surface area contributed by atoms with Crippen LogP contribution in [-0.4, -0.2) is 30.2 Å². The molecule has 2 amide bonds. The summed E-state index contributed by atoms with van der Waals surface area (Å²) in [5.41, 5.74) is 0. The van der Waals surface area contributed by atoms with Crippen LogP contribution in [0.4, 0.5) is 4.79 Å². The molecule has 0 aromatic carbocycles. The smallest absolute Gasteiger partial charge is 0.314 e. The number of amides is 2. The summed E-state index contributed by atoms with van der Waals surface area (Å²) in [4.78, 5) is 21.7. The standard InChI is InChI=1S/C19H38N2O3/c1-2-3-4-5-6-7-8-9-10-11-12-13-16-20-19(24)21-17-14-15-18(22)23/h2-17H2,1H3,(H,22,23)(H2,20,21,24). The Bertz CT molecular complexity index is 309. The number of carbonyl (C=O) groups is 2. The average Bonchev–Trinajstić information content (AvgIpc) is 2.55. The first-order valence-electron chi connectivity index (χ1n) is 9.90. The SMILES string of the molecule is CCCCCCCCCCCCCCNC(=O)NCCCC(=O)O. The lowest BCUT2D eigenvalue weighted by atomic mass is 10.1. The minimum atomic E-state index is -0.825. The Labute approximate surface area is 148 Å². The van der Waals surface area contributed by atoms with Crippen LogP contribution in [0, 0.1) is 0 Å². The van der Waals surface area contributed by atoms with E-state index in [0.717, 1.165) is 12.8 Å². The molecule has 0 unspecified atom stereocenters. The van der Waals surface area contributed by atoms with E-state index < -0.39 is 5.97 Å². The van der Waals surface area contributed by atoms with Crippen molar-refractivity contribution in [3.8, 4) is 0 Å². The summed E-state index contributed by atoms with van der Waals surface area (Å²) in [6.45, 7) is 3.36. The molecule has 0 aliphatic heterocycles. The van der Waals surface area contributed by atoms with Crippen molar-refractivity contribution in [3.63, 3.8) is 0 Å². The van der Waals surface area contributed by atoms with E-state index in [1.54, 1.807) is 0 Å². The van der Waals surface area contributed by atoms with Crippen LogP contribution in [0.1, 0.15) is 96.8 Å². The van der Waals surface area contributed by atoms with Crippen molar-refractivity contribution >= 4 is 12.0 Å². The van der Waals surface area contributed by atoms with Crippen molar-refractivity contribution in [2.75, 3.05) is 13.1 Å². The monoisotopic (exact) mass is 342 g/mol. The summed E-state index contributed by atoms with van der Waals surface area (Å²) in [5.74, 6) is -0.825. The number of urea groups is 1. The Balaban J connectivity index is 3.14. The van der Waals surface area contributed by atoms with Crippen molar-refractivity contribution < 1.29 is 14.7 Å². The van der Waals surface area contributed by atoms with Gasteiger partial charge in [-0.15, -0.1) is 0 Å². The number of carboxylic acids is 1. The van der Waals surface area contributed by atoms with Gasteiger partial charge in [0.25, 0.3) is 0 Å². The third-order valence-electron chi connectivity index (χ3n) is 4.17. The van der Waals surface area contributed by atoms with Crippen LogP contribution in [0.5, 0.6) is 0 Å². The van der Waals surface area contributed by atoms with E-state index in [1.165, 1.54) is 64.2 Å². The topological polar surface area (TPSA) is 78.4 Å². The maximum Gasteiger partial charge on any atom is 0.314 e. The van der Waals surface area contributed by atoms with E-state index >= 15 is 0 Å². The van der Waals surface area contributed by atoms with Crippen LogP contribution in [-0.2, 0) is 4.79 Å². The van der Waals surface area contributed by atoms with E-state index in [4.69, 9.17) is 5.11 Å². The van der Waals surface area contributed by atoms with Crippen LogP contribution in [0.25, 0.3) is 0 Å². The summed E-state index contributed by atoms with van der Waals surface area (Å²) < 4.78 is 0. The number of carboxylic acid groups (broad SMARTS) is 1. The Morgan fingerprint density at radius 1 is 0.667 bits per heavy atom. The maximum absolute atomic E-state index is 11.4. The number of rotatable bonds is 17. The Kier molecular flexibility index (Phi) is 17.1. The van der Waals surface area contributed by atoms with Gasteiger partial charge in [0.15, 0.2) is 0 Å². The molecule has 0 atom stereocenters. The summed E-state index contributed by atoms with van der Waals surface area (Å²) in [6, 6.07) is -0.191. The molecule has 0 heterocycles. The van der Waals surface area contributed by atoms with Crippen LogP contribution >= 0.6 is 0 Å². The number of aliphatic carboxylic acids is 1. The number of unbranched alkanes of at least 4 members (excludes halogenated alkanes) is 11. The van der Waals surface area contributed by atoms with Gasteiger partial charge in [0.1, 0.15) is 0 Å². The molecule has 0 rings (SSSR count). The lowest BCUT2D eigenvalue weighted by Crippen LogP contribution is -2.36. The van der Waals surface area contributed by atoms with Crippen molar-refractivity contribution in [2.24, 2.45) is 0 Å². The molecule has 0 saturated carbocycles. The van der Waals surface area contributed by atoms with Crippen LogP contribution in [0.3, 0.4) is 0 Å². The van der Waals surface area contributed by atoms with Gasteiger partial charge in [0.05, 0.1) is 0 Å². The van der Waals surface area contributed by atoms with Crippen molar-refractivity contribution in [1.29, 1.82) is 0 Å². The highest BCUT2D eigenvalue weighted by atomic mass is 16.4. The van der Waals surface area contributed by atoms with Gasteiger partial charge in [0, 0.05) is 19.5 Å². The van der Waals surface area contributed by atoms with Gasteiger partial charge in [-0.25, -0.2) is 4.79 Å². The van der Waals surface area contributed by atoms with Gasteiger partial charge in [-0.05, 0) is 12.8 Å². The fourth-order valence-corrected chi connectivity index (χ4v) is 2.67. The van der Waals surface area contributed by atoms with Gasteiger partial charge < -0.3 is 15.7 Å². The van der Waals surface area contributed by atoms with E-state index in [9.17, 15) is 9.59 Å². The fourth-order valence-electron chi connectivity index (χ4n) is 2.67. The first-order chi connectivity index (χ1) is 11.7. The van der Waals surface area contributed by atoms with Gasteiger partial charge in [-0.1, -0.05) is 77.6 Å². The Hall–Kier alpha value is -1.26. The number of carbonyl (C=O) groups excluding carboxylic acids is 1. The highest BCUT2D eigenvalue weighted by Gasteiger charge is 2.00. The second kappa shape index (κ2) is 18.1. The van der Waals surface area contributed by atoms with E-state index in [0.29, 0.717) is 19.5 Å². The first kappa shape index (κ1) is 22.7. The van der Waals surface area contributed by atoms with E-state index in [1.807, 2.05) is 0 Å².